The summed E-state index contributed by atoms with van der Waals surface area (Å²) in [6, 6.07) is 13.7. The number of halogens is 2. The van der Waals surface area contributed by atoms with Gasteiger partial charge in [-0.3, -0.25) is 9.59 Å². The number of benzene rings is 2. The summed E-state index contributed by atoms with van der Waals surface area (Å²) in [7, 11) is 1.56. The van der Waals surface area contributed by atoms with Crippen molar-refractivity contribution in [3.8, 4) is 5.69 Å². The first kappa shape index (κ1) is 21.1. The lowest BCUT2D eigenvalue weighted by Gasteiger charge is -2.18. The summed E-state index contributed by atoms with van der Waals surface area (Å²) in [5.41, 5.74) is 1.08. The highest BCUT2D eigenvalue weighted by Crippen LogP contribution is 2.22. The smallest absolute Gasteiger partial charge is 0.262 e. The van der Waals surface area contributed by atoms with Crippen molar-refractivity contribution in [2.45, 2.75) is 11.7 Å². The number of carbonyl (C=O) groups excluding carboxylic acids is 1. The van der Waals surface area contributed by atoms with Crippen LogP contribution in [-0.2, 0) is 11.3 Å². The van der Waals surface area contributed by atoms with Crippen LogP contribution in [-0.4, -0.2) is 43.4 Å². The second kappa shape index (κ2) is 8.91. The first-order chi connectivity index (χ1) is 14.9. The Morgan fingerprint density at radius 3 is 2.74 bits per heavy atom. The molecule has 7 nitrogen and oxygen atoms in total. The Balaban J connectivity index is 1.51. The van der Waals surface area contributed by atoms with E-state index in [0.29, 0.717) is 16.2 Å². The molecule has 4 rings (SSSR count). The fraction of sp³-hybridized carbons (Fsp3) is 0.143. The first-order valence-corrected chi connectivity index (χ1v) is 10.6. The molecule has 0 saturated carbocycles. The van der Waals surface area contributed by atoms with Crippen LogP contribution in [0.2, 0.25) is 5.02 Å². The summed E-state index contributed by atoms with van der Waals surface area (Å²) in [6.45, 7) is 0.0364. The minimum Gasteiger partial charge on any atom is -0.341 e. The first-order valence-electron chi connectivity index (χ1n) is 9.27. The van der Waals surface area contributed by atoms with Crippen molar-refractivity contribution in [2.24, 2.45) is 0 Å². The minimum atomic E-state index is -0.467. The Hall–Kier alpha value is -3.17. The van der Waals surface area contributed by atoms with Gasteiger partial charge in [-0.25, -0.2) is 14.1 Å². The largest absolute Gasteiger partial charge is 0.341 e. The summed E-state index contributed by atoms with van der Waals surface area (Å²) >= 11 is 7.12. The molecule has 2 aromatic carbocycles. The van der Waals surface area contributed by atoms with Gasteiger partial charge in [-0.1, -0.05) is 47.6 Å². The highest BCUT2D eigenvalue weighted by Gasteiger charge is 2.16. The number of aromatic nitrogens is 4. The number of hydrogen-bond donors (Lipinski definition) is 1. The van der Waals surface area contributed by atoms with Gasteiger partial charge in [0.2, 0.25) is 5.91 Å². The van der Waals surface area contributed by atoms with Crippen molar-refractivity contribution in [3.63, 3.8) is 0 Å². The van der Waals surface area contributed by atoms with Gasteiger partial charge in [0, 0.05) is 24.2 Å². The van der Waals surface area contributed by atoms with Crippen molar-refractivity contribution < 1.29 is 9.18 Å². The number of amides is 1. The molecule has 0 aliphatic carbocycles. The Labute approximate surface area is 185 Å². The van der Waals surface area contributed by atoms with E-state index in [1.54, 1.807) is 17.8 Å². The van der Waals surface area contributed by atoms with Crippen LogP contribution in [0.1, 0.15) is 5.56 Å². The quantitative estimate of drug-likeness (QED) is 0.353. The van der Waals surface area contributed by atoms with Crippen molar-refractivity contribution in [2.75, 3.05) is 12.8 Å². The standard InChI is InChI=1S/C21H17ClFN5O2S/c1-27(11-15-16(22)8-5-9-17(15)23)18(29)12-31-21-25-19-14(20(30)26-21)10-24-28(19)13-6-3-2-4-7-13/h2-10H,11-12H2,1H3,(H,25,26,30). The lowest BCUT2D eigenvalue weighted by Crippen LogP contribution is -2.28. The van der Waals surface area contributed by atoms with E-state index >= 15 is 0 Å². The van der Waals surface area contributed by atoms with Gasteiger partial charge in [0.05, 0.1) is 17.6 Å². The number of H-pyrrole nitrogens is 1. The number of nitrogens with one attached hydrogen (secondary N) is 1. The molecule has 0 unspecified atom stereocenters. The number of rotatable bonds is 6. The highest BCUT2D eigenvalue weighted by atomic mass is 35.5. The Morgan fingerprint density at radius 2 is 2.00 bits per heavy atom. The molecule has 0 atom stereocenters. The van der Waals surface area contributed by atoms with E-state index in [9.17, 15) is 14.0 Å². The molecule has 10 heteroatoms. The minimum absolute atomic E-state index is 0.0104. The fourth-order valence-electron chi connectivity index (χ4n) is 2.97. The van der Waals surface area contributed by atoms with Crippen LogP contribution in [0, 0.1) is 5.82 Å². The van der Waals surface area contributed by atoms with E-state index in [4.69, 9.17) is 11.6 Å². The van der Waals surface area contributed by atoms with E-state index < -0.39 is 5.82 Å². The topological polar surface area (TPSA) is 83.9 Å². The van der Waals surface area contributed by atoms with Crippen LogP contribution >= 0.6 is 23.4 Å². The number of para-hydroxylation sites is 1. The monoisotopic (exact) mass is 457 g/mol. The van der Waals surface area contributed by atoms with E-state index in [1.807, 2.05) is 30.3 Å². The molecule has 0 fully saturated rings. The van der Waals surface area contributed by atoms with Crippen LogP contribution in [0.3, 0.4) is 0 Å². The Kier molecular flexibility index (Phi) is 6.06. The number of aromatic amines is 1. The van der Waals surface area contributed by atoms with Crippen LogP contribution in [0.4, 0.5) is 4.39 Å². The molecule has 158 valence electrons. The zero-order valence-electron chi connectivity index (χ0n) is 16.4. The molecule has 0 aliphatic rings. The summed E-state index contributed by atoms with van der Waals surface area (Å²) < 4.78 is 15.6. The maximum absolute atomic E-state index is 14.0. The summed E-state index contributed by atoms with van der Waals surface area (Å²) in [6.07, 6.45) is 1.46. The molecular weight excluding hydrogens is 441 g/mol. The van der Waals surface area contributed by atoms with Gasteiger partial charge < -0.3 is 9.88 Å². The van der Waals surface area contributed by atoms with E-state index in [1.165, 1.54) is 23.2 Å². The van der Waals surface area contributed by atoms with Gasteiger partial charge in [-0.2, -0.15) is 5.10 Å². The molecule has 1 amide bonds. The van der Waals surface area contributed by atoms with Gasteiger partial charge in [-0.15, -0.1) is 0 Å². The van der Waals surface area contributed by atoms with Crippen molar-refractivity contribution in [1.29, 1.82) is 0 Å². The molecule has 1 N–H and O–H groups in total. The van der Waals surface area contributed by atoms with Crippen LogP contribution in [0.15, 0.2) is 64.7 Å². The van der Waals surface area contributed by atoms with E-state index in [2.05, 4.69) is 15.1 Å². The lowest BCUT2D eigenvalue weighted by molar-refractivity contribution is -0.127. The summed E-state index contributed by atoms with van der Waals surface area (Å²) in [5.74, 6) is -0.717. The molecule has 0 bridgehead atoms. The number of nitrogens with zero attached hydrogens (tertiary/aromatic N) is 4. The third-order valence-corrected chi connectivity index (χ3v) is 5.84. The number of fused-ring (bicyclic) bond motifs is 1. The third kappa shape index (κ3) is 4.47. The second-order valence-corrected chi connectivity index (χ2v) is 8.11. The molecule has 0 spiro atoms. The zero-order chi connectivity index (χ0) is 22.0. The number of thioether (sulfide) groups is 1. The SMILES string of the molecule is CN(Cc1c(F)cccc1Cl)C(=O)CSc1nc2c(cnn2-c2ccccc2)c(=O)[nH]1. The molecule has 2 heterocycles. The maximum atomic E-state index is 14.0. The summed E-state index contributed by atoms with van der Waals surface area (Å²) in [5, 5.41) is 5.16. The van der Waals surface area contributed by atoms with E-state index in [-0.39, 0.29) is 34.4 Å². The molecule has 0 radical (unpaired) electrons. The van der Waals surface area contributed by atoms with Crippen molar-refractivity contribution >= 4 is 40.3 Å². The Bertz CT molecular complexity index is 1290. The molecule has 0 saturated heterocycles. The van der Waals surface area contributed by atoms with E-state index in [0.717, 1.165) is 17.4 Å². The molecule has 31 heavy (non-hydrogen) atoms. The van der Waals surface area contributed by atoms with Gasteiger partial charge >= 0.3 is 0 Å². The average Bonchev–Trinajstić information content (AvgIpc) is 3.20. The van der Waals surface area contributed by atoms with Crippen LogP contribution in [0.25, 0.3) is 16.7 Å². The van der Waals surface area contributed by atoms with Gasteiger partial charge in [0.1, 0.15) is 11.2 Å². The normalized spacial score (nSPS) is 11.1. The fourth-order valence-corrected chi connectivity index (χ4v) is 3.99. The van der Waals surface area contributed by atoms with Gasteiger partial charge in [0.15, 0.2) is 10.8 Å². The second-order valence-electron chi connectivity index (χ2n) is 6.74. The Morgan fingerprint density at radius 1 is 1.23 bits per heavy atom. The molecular formula is C21H17ClFN5O2S. The predicted molar refractivity (Wildman–Crippen MR) is 118 cm³/mol. The zero-order valence-corrected chi connectivity index (χ0v) is 18.0. The van der Waals surface area contributed by atoms with Crippen molar-refractivity contribution in [3.05, 3.63) is 81.5 Å². The third-order valence-electron chi connectivity index (χ3n) is 4.63. The van der Waals surface area contributed by atoms with Crippen LogP contribution < -0.4 is 5.56 Å². The highest BCUT2D eigenvalue weighted by molar-refractivity contribution is 7.99. The molecule has 2 aromatic heterocycles. The lowest BCUT2D eigenvalue weighted by atomic mass is 10.2. The predicted octanol–water partition coefficient (Wildman–Crippen LogP) is 3.65. The van der Waals surface area contributed by atoms with Crippen molar-refractivity contribution in [1.82, 2.24) is 24.6 Å². The average molecular weight is 458 g/mol. The number of hydrogen-bond acceptors (Lipinski definition) is 5. The van der Waals surface area contributed by atoms with Gasteiger partial charge in [-0.05, 0) is 24.3 Å². The summed E-state index contributed by atoms with van der Waals surface area (Å²) in [4.78, 5) is 33.5. The maximum Gasteiger partial charge on any atom is 0.262 e. The molecule has 4 aromatic rings. The van der Waals surface area contributed by atoms with Crippen LogP contribution in [0.5, 0.6) is 0 Å². The van der Waals surface area contributed by atoms with Gasteiger partial charge in [0.25, 0.3) is 5.56 Å². The number of carbonyl (C=O) groups is 1. The molecule has 0 aliphatic heterocycles.